The summed E-state index contributed by atoms with van der Waals surface area (Å²) in [5, 5.41) is 7.09. The topological polar surface area (TPSA) is 62.3 Å². The Kier molecular flexibility index (Phi) is 3.79. The largest absolute Gasteiger partial charge is 0.469 e. The van der Waals surface area contributed by atoms with Gasteiger partial charge in [-0.2, -0.15) is 0 Å². The highest BCUT2D eigenvalue weighted by Gasteiger charge is 1.99. The highest BCUT2D eigenvalue weighted by molar-refractivity contribution is 5.69. The highest BCUT2D eigenvalue weighted by Crippen LogP contribution is 1.82. The number of nitrogens with two attached hydrogens (primary N) is 1. The molecule has 9 heavy (non-hydrogen) atoms. The molecule has 0 amide bonds. The summed E-state index contributed by atoms with van der Waals surface area (Å²) in [5.41, 5.74) is 5.23. The van der Waals surface area contributed by atoms with Gasteiger partial charge in [-0.05, 0) is 0 Å². The minimum absolute atomic E-state index is 0.153. The molecule has 0 rings (SSSR count). The van der Waals surface area contributed by atoms with Crippen LogP contribution in [0, 0.1) is 5.41 Å². The first kappa shape index (κ1) is 8.23. The number of likely N-dealkylation sites (N-methyl/N-ethyl adjacent to an activating group) is 1. The van der Waals surface area contributed by atoms with Gasteiger partial charge >= 0.3 is 0 Å². The molecule has 0 aliphatic heterocycles. The SMILES string of the molecule is COC(=N)N(C)CCN. The fourth-order valence-corrected chi connectivity index (χ4v) is 0.451. The molecule has 0 bridgehead atoms. The lowest BCUT2D eigenvalue weighted by Crippen LogP contribution is -2.31. The van der Waals surface area contributed by atoms with Crippen LogP contribution >= 0.6 is 0 Å². The van der Waals surface area contributed by atoms with Crippen LogP contribution in [-0.2, 0) is 4.74 Å². The molecule has 0 saturated heterocycles. The number of hydrogen-bond donors (Lipinski definition) is 2. The lowest BCUT2D eigenvalue weighted by atomic mass is 10.6. The Hall–Kier alpha value is -0.770. The fraction of sp³-hybridized carbons (Fsp3) is 0.800. The van der Waals surface area contributed by atoms with E-state index in [0.29, 0.717) is 13.1 Å². The first-order chi connectivity index (χ1) is 4.22. The fourth-order valence-electron chi connectivity index (χ4n) is 0.451. The summed E-state index contributed by atoms with van der Waals surface area (Å²) in [7, 11) is 3.23. The van der Waals surface area contributed by atoms with Crippen molar-refractivity contribution in [1.29, 1.82) is 5.41 Å². The minimum atomic E-state index is 0.153. The molecule has 0 atom stereocenters. The van der Waals surface area contributed by atoms with Gasteiger partial charge < -0.3 is 15.4 Å². The van der Waals surface area contributed by atoms with E-state index in [9.17, 15) is 0 Å². The zero-order chi connectivity index (χ0) is 7.28. The van der Waals surface area contributed by atoms with Crippen molar-refractivity contribution in [2.45, 2.75) is 0 Å². The maximum Gasteiger partial charge on any atom is 0.283 e. The summed E-state index contributed by atoms with van der Waals surface area (Å²) >= 11 is 0. The third-order valence-corrected chi connectivity index (χ3v) is 1.00. The second kappa shape index (κ2) is 4.14. The number of rotatable bonds is 2. The van der Waals surface area contributed by atoms with Crippen LogP contribution in [0.3, 0.4) is 0 Å². The van der Waals surface area contributed by atoms with Crippen LogP contribution in [-0.4, -0.2) is 38.2 Å². The average Bonchev–Trinajstić information content (AvgIpc) is 1.87. The normalized spacial score (nSPS) is 8.78. The number of nitrogens with zero attached hydrogens (tertiary/aromatic N) is 1. The summed E-state index contributed by atoms with van der Waals surface area (Å²) in [6.07, 6.45) is 0. The summed E-state index contributed by atoms with van der Waals surface area (Å²) < 4.78 is 4.62. The summed E-state index contributed by atoms with van der Waals surface area (Å²) in [6, 6.07) is 0.153. The summed E-state index contributed by atoms with van der Waals surface area (Å²) in [4.78, 5) is 1.64. The summed E-state index contributed by atoms with van der Waals surface area (Å²) in [5.74, 6) is 0. The Morgan fingerprint density at radius 2 is 2.33 bits per heavy atom. The molecule has 4 nitrogen and oxygen atoms in total. The van der Waals surface area contributed by atoms with Crippen molar-refractivity contribution in [2.75, 3.05) is 27.2 Å². The number of amidine groups is 1. The van der Waals surface area contributed by atoms with Crippen molar-refractivity contribution in [2.24, 2.45) is 5.73 Å². The smallest absolute Gasteiger partial charge is 0.283 e. The van der Waals surface area contributed by atoms with E-state index in [1.54, 1.807) is 11.9 Å². The molecule has 0 aliphatic carbocycles. The Bertz CT molecular complexity index is 94.2. The Morgan fingerprint density at radius 1 is 1.78 bits per heavy atom. The molecule has 0 aliphatic rings. The molecule has 0 aromatic rings. The molecule has 0 fully saturated rings. The quantitative estimate of drug-likeness (QED) is 0.391. The number of ether oxygens (including phenoxy) is 1. The molecule has 0 aromatic heterocycles. The standard InChI is InChI=1S/C5H13N3O/c1-8(4-3-6)5(7)9-2/h7H,3-4,6H2,1-2H3. The van der Waals surface area contributed by atoms with Gasteiger partial charge in [0.15, 0.2) is 0 Å². The second-order valence-corrected chi connectivity index (χ2v) is 1.72. The third kappa shape index (κ3) is 2.92. The van der Waals surface area contributed by atoms with E-state index >= 15 is 0 Å². The number of hydrogen-bond acceptors (Lipinski definition) is 3. The monoisotopic (exact) mass is 131 g/mol. The molecule has 0 spiro atoms. The zero-order valence-electron chi connectivity index (χ0n) is 5.85. The molecular weight excluding hydrogens is 118 g/mol. The number of methoxy groups -OCH3 is 1. The van der Waals surface area contributed by atoms with Crippen LogP contribution in [0.25, 0.3) is 0 Å². The van der Waals surface area contributed by atoms with Gasteiger partial charge in [-0.15, -0.1) is 0 Å². The van der Waals surface area contributed by atoms with Crippen LogP contribution in [0.4, 0.5) is 0 Å². The van der Waals surface area contributed by atoms with Gasteiger partial charge in [-0.25, -0.2) is 0 Å². The number of nitrogens with one attached hydrogen (secondary N) is 1. The van der Waals surface area contributed by atoms with Crippen molar-refractivity contribution < 1.29 is 4.74 Å². The van der Waals surface area contributed by atoms with E-state index in [1.807, 2.05) is 0 Å². The van der Waals surface area contributed by atoms with Gasteiger partial charge in [0, 0.05) is 20.1 Å². The van der Waals surface area contributed by atoms with E-state index in [2.05, 4.69) is 4.74 Å². The molecule has 0 radical (unpaired) electrons. The molecule has 0 saturated carbocycles. The Morgan fingerprint density at radius 3 is 2.67 bits per heavy atom. The van der Waals surface area contributed by atoms with Crippen molar-refractivity contribution in [1.82, 2.24) is 4.90 Å². The van der Waals surface area contributed by atoms with E-state index in [1.165, 1.54) is 7.11 Å². The van der Waals surface area contributed by atoms with Crippen LogP contribution < -0.4 is 5.73 Å². The van der Waals surface area contributed by atoms with E-state index in [4.69, 9.17) is 11.1 Å². The first-order valence-electron chi connectivity index (χ1n) is 2.76. The van der Waals surface area contributed by atoms with Crippen LogP contribution in [0.5, 0.6) is 0 Å². The molecule has 4 heteroatoms. The Balaban J connectivity index is 3.45. The van der Waals surface area contributed by atoms with E-state index in [0.717, 1.165) is 0 Å². The van der Waals surface area contributed by atoms with Crippen LogP contribution in [0.15, 0.2) is 0 Å². The maximum absolute atomic E-state index is 7.09. The van der Waals surface area contributed by atoms with Gasteiger partial charge in [0.1, 0.15) is 0 Å². The maximum atomic E-state index is 7.09. The van der Waals surface area contributed by atoms with Crippen molar-refractivity contribution in [3.63, 3.8) is 0 Å². The lowest BCUT2D eigenvalue weighted by Gasteiger charge is -2.15. The lowest BCUT2D eigenvalue weighted by molar-refractivity contribution is 0.307. The average molecular weight is 131 g/mol. The molecule has 0 unspecified atom stereocenters. The highest BCUT2D eigenvalue weighted by atomic mass is 16.5. The first-order valence-corrected chi connectivity index (χ1v) is 2.76. The van der Waals surface area contributed by atoms with Crippen molar-refractivity contribution in [3.8, 4) is 0 Å². The van der Waals surface area contributed by atoms with E-state index in [-0.39, 0.29) is 6.02 Å². The van der Waals surface area contributed by atoms with Gasteiger partial charge in [-0.3, -0.25) is 5.41 Å². The van der Waals surface area contributed by atoms with Crippen LogP contribution in [0.2, 0.25) is 0 Å². The summed E-state index contributed by atoms with van der Waals surface area (Å²) in [6.45, 7) is 1.20. The van der Waals surface area contributed by atoms with Gasteiger partial charge in [0.2, 0.25) is 0 Å². The van der Waals surface area contributed by atoms with Crippen molar-refractivity contribution in [3.05, 3.63) is 0 Å². The molecule has 0 heterocycles. The van der Waals surface area contributed by atoms with E-state index < -0.39 is 0 Å². The molecule has 3 N–H and O–H groups in total. The molecule has 54 valence electrons. The van der Waals surface area contributed by atoms with Gasteiger partial charge in [0.25, 0.3) is 6.02 Å². The second-order valence-electron chi connectivity index (χ2n) is 1.72. The zero-order valence-corrected chi connectivity index (χ0v) is 5.85. The van der Waals surface area contributed by atoms with Crippen LogP contribution in [0.1, 0.15) is 0 Å². The Labute approximate surface area is 55.1 Å². The predicted octanol–water partition coefficient (Wildman–Crippen LogP) is -0.542. The molecule has 0 aromatic carbocycles. The van der Waals surface area contributed by atoms with Gasteiger partial charge in [0.05, 0.1) is 7.11 Å². The molecular formula is C5H13N3O. The third-order valence-electron chi connectivity index (χ3n) is 1.00. The van der Waals surface area contributed by atoms with Gasteiger partial charge in [-0.1, -0.05) is 0 Å². The van der Waals surface area contributed by atoms with Crippen molar-refractivity contribution >= 4 is 6.02 Å². The predicted molar refractivity (Wildman–Crippen MR) is 36.4 cm³/mol. The minimum Gasteiger partial charge on any atom is -0.469 e.